The molecule has 4 aromatic heterocycles. The molecule has 0 N–H and O–H groups in total. The Balaban J connectivity index is 1.48. The number of hydrogen-bond donors (Lipinski definition) is 0. The Hall–Kier alpha value is -4.97. The van der Waals surface area contributed by atoms with Crippen LogP contribution in [0.4, 0.5) is 0 Å². The molecular formula is C31H22N6. The van der Waals surface area contributed by atoms with Gasteiger partial charge in [0.15, 0.2) is 17.0 Å². The van der Waals surface area contributed by atoms with Gasteiger partial charge in [-0.1, -0.05) is 66.7 Å². The molecule has 0 amide bonds. The number of aromatic nitrogens is 6. The Morgan fingerprint density at radius 2 is 1.27 bits per heavy atom. The van der Waals surface area contributed by atoms with Gasteiger partial charge in [0.1, 0.15) is 6.33 Å². The molecule has 6 heteroatoms. The van der Waals surface area contributed by atoms with Crippen LogP contribution in [-0.4, -0.2) is 28.7 Å². The molecule has 1 aliphatic carbocycles. The molecule has 7 aromatic rings. The molecule has 0 atom stereocenters. The fraction of sp³-hybridized carbons (Fsp3) is 0.0645. The molecule has 0 spiro atoms. The highest BCUT2D eigenvalue weighted by Crippen LogP contribution is 2.40. The summed E-state index contributed by atoms with van der Waals surface area (Å²) in [5, 5.41) is 2.46. The lowest BCUT2D eigenvalue weighted by atomic mass is 10.1. The van der Waals surface area contributed by atoms with Crippen LogP contribution in [0.5, 0.6) is 0 Å². The summed E-state index contributed by atoms with van der Waals surface area (Å²) >= 11 is 0. The Kier molecular flexibility index (Phi) is 4.11. The van der Waals surface area contributed by atoms with E-state index >= 15 is 0 Å². The van der Waals surface area contributed by atoms with E-state index in [2.05, 4.69) is 105 Å². The van der Waals surface area contributed by atoms with Crippen molar-refractivity contribution < 1.29 is 0 Å². The van der Waals surface area contributed by atoms with Crippen LogP contribution >= 0.6 is 0 Å². The first-order valence-corrected chi connectivity index (χ1v) is 12.4. The van der Waals surface area contributed by atoms with E-state index in [0.29, 0.717) is 0 Å². The Bertz CT molecular complexity index is 2020. The van der Waals surface area contributed by atoms with Gasteiger partial charge in [0, 0.05) is 52.4 Å². The molecule has 6 nitrogen and oxygen atoms in total. The number of rotatable bonds is 2. The minimum Gasteiger partial charge on any atom is -0.318 e. The van der Waals surface area contributed by atoms with E-state index < -0.39 is 0 Å². The van der Waals surface area contributed by atoms with Crippen LogP contribution in [-0.2, 0) is 13.5 Å². The van der Waals surface area contributed by atoms with Gasteiger partial charge in [0.05, 0.1) is 17.4 Å². The van der Waals surface area contributed by atoms with Crippen molar-refractivity contribution in [3.05, 3.63) is 114 Å². The van der Waals surface area contributed by atoms with Gasteiger partial charge in [-0.15, -0.1) is 0 Å². The molecule has 0 saturated heterocycles. The van der Waals surface area contributed by atoms with Crippen LogP contribution in [0.15, 0.2) is 91.5 Å². The summed E-state index contributed by atoms with van der Waals surface area (Å²) in [6, 6.07) is 27.9. The standard InChI is InChI=1S/C31H22N6/c1-35-19-34-29-30(35)32-18-33-31(29)37-26-14-8-6-12-22(26)24-16-15-23-21-11-5-7-13-25(21)36(27(23)17-28(24)37)20-9-3-2-4-10-20/h2-16,18-19H,17H2,1H3. The highest BCUT2D eigenvalue weighted by molar-refractivity contribution is 6.01. The average Bonchev–Trinajstić information content (AvgIpc) is 3.53. The van der Waals surface area contributed by atoms with Gasteiger partial charge in [-0.25, -0.2) is 15.0 Å². The van der Waals surface area contributed by atoms with Crippen molar-refractivity contribution in [1.29, 1.82) is 0 Å². The van der Waals surface area contributed by atoms with Crippen LogP contribution in [0.25, 0.3) is 56.6 Å². The normalized spacial score (nSPS) is 12.8. The number of para-hydroxylation sites is 3. The first-order valence-electron chi connectivity index (χ1n) is 12.4. The van der Waals surface area contributed by atoms with Crippen LogP contribution in [0.3, 0.4) is 0 Å². The molecule has 0 fully saturated rings. The Morgan fingerprint density at radius 1 is 0.649 bits per heavy atom. The minimum absolute atomic E-state index is 0.744. The van der Waals surface area contributed by atoms with Crippen molar-refractivity contribution >= 4 is 45.1 Å². The van der Waals surface area contributed by atoms with Gasteiger partial charge in [-0.3, -0.25) is 4.57 Å². The molecular weight excluding hydrogens is 456 g/mol. The second-order valence-electron chi connectivity index (χ2n) is 9.50. The fourth-order valence-corrected chi connectivity index (χ4v) is 5.89. The highest BCUT2D eigenvalue weighted by Gasteiger charge is 2.26. The number of benzene rings is 3. The average molecular weight is 479 g/mol. The van der Waals surface area contributed by atoms with Crippen molar-refractivity contribution in [2.75, 3.05) is 0 Å². The molecule has 8 rings (SSSR count). The van der Waals surface area contributed by atoms with Crippen LogP contribution < -0.4 is 0 Å². The molecule has 37 heavy (non-hydrogen) atoms. The first kappa shape index (κ1) is 20.2. The molecule has 1 aliphatic rings. The summed E-state index contributed by atoms with van der Waals surface area (Å²) in [6.45, 7) is 0. The molecule has 0 radical (unpaired) electrons. The monoisotopic (exact) mass is 478 g/mol. The van der Waals surface area contributed by atoms with E-state index in [0.717, 1.165) is 34.6 Å². The van der Waals surface area contributed by atoms with E-state index in [9.17, 15) is 0 Å². The van der Waals surface area contributed by atoms with Crippen LogP contribution in [0.2, 0.25) is 0 Å². The molecule has 3 aromatic carbocycles. The Morgan fingerprint density at radius 3 is 2.00 bits per heavy atom. The van der Waals surface area contributed by atoms with Gasteiger partial charge in [0.25, 0.3) is 0 Å². The summed E-state index contributed by atoms with van der Waals surface area (Å²) < 4.78 is 6.63. The lowest BCUT2D eigenvalue weighted by Gasteiger charge is -2.14. The van der Waals surface area contributed by atoms with Gasteiger partial charge < -0.3 is 9.13 Å². The zero-order valence-electron chi connectivity index (χ0n) is 20.2. The van der Waals surface area contributed by atoms with Gasteiger partial charge >= 0.3 is 0 Å². The smallest absolute Gasteiger partial charge is 0.169 e. The van der Waals surface area contributed by atoms with E-state index in [1.165, 1.54) is 38.8 Å². The summed E-state index contributed by atoms with van der Waals surface area (Å²) in [7, 11) is 1.97. The number of hydrogen-bond acceptors (Lipinski definition) is 3. The number of nitrogens with zero attached hydrogens (tertiary/aromatic N) is 6. The highest BCUT2D eigenvalue weighted by atomic mass is 15.2. The van der Waals surface area contributed by atoms with E-state index in [4.69, 9.17) is 9.97 Å². The maximum Gasteiger partial charge on any atom is 0.169 e. The summed E-state index contributed by atoms with van der Waals surface area (Å²) in [4.78, 5) is 14.0. The third kappa shape index (κ3) is 2.78. The maximum atomic E-state index is 4.78. The first-order chi connectivity index (χ1) is 18.3. The second-order valence-corrected chi connectivity index (χ2v) is 9.50. The molecule has 0 unspecified atom stereocenters. The number of fused-ring (bicyclic) bond motifs is 7. The third-order valence-corrected chi connectivity index (χ3v) is 7.49. The van der Waals surface area contributed by atoms with E-state index in [1.54, 1.807) is 12.7 Å². The maximum absolute atomic E-state index is 4.78. The summed E-state index contributed by atoms with van der Waals surface area (Å²) in [6.07, 6.45) is 8.75. The zero-order chi connectivity index (χ0) is 24.5. The molecule has 4 heterocycles. The van der Waals surface area contributed by atoms with E-state index in [-0.39, 0.29) is 0 Å². The molecule has 0 bridgehead atoms. The largest absolute Gasteiger partial charge is 0.318 e. The van der Waals surface area contributed by atoms with Crippen molar-refractivity contribution in [2.45, 2.75) is 6.42 Å². The van der Waals surface area contributed by atoms with Gasteiger partial charge in [-0.05, 0) is 24.3 Å². The molecule has 0 saturated carbocycles. The minimum atomic E-state index is 0.744. The van der Waals surface area contributed by atoms with Gasteiger partial charge in [0.2, 0.25) is 0 Å². The number of aryl methyl sites for hydroxylation is 1. The lowest BCUT2D eigenvalue weighted by molar-refractivity contribution is 0.897. The predicted molar refractivity (Wildman–Crippen MR) is 148 cm³/mol. The van der Waals surface area contributed by atoms with Crippen molar-refractivity contribution in [3.8, 4) is 11.5 Å². The second kappa shape index (κ2) is 7.51. The summed E-state index contributed by atoms with van der Waals surface area (Å²) in [5.41, 5.74) is 10.0. The topological polar surface area (TPSA) is 53.5 Å². The molecule has 176 valence electrons. The van der Waals surface area contributed by atoms with Crippen LogP contribution in [0.1, 0.15) is 22.5 Å². The van der Waals surface area contributed by atoms with Gasteiger partial charge in [-0.2, -0.15) is 0 Å². The Labute approximate surface area is 212 Å². The van der Waals surface area contributed by atoms with Crippen LogP contribution in [0, 0.1) is 0 Å². The number of imidazole rings is 1. The van der Waals surface area contributed by atoms with Crippen molar-refractivity contribution in [3.63, 3.8) is 0 Å². The zero-order valence-corrected chi connectivity index (χ0v) is 20.2. The summed E-state index contributed by atoms with van der Waals surface area (Å²) in [5.74, 6) is 0.808. The van der Waals surface area contributed by atoms with Crippen molar-refractivity contribution in [2.24, 2.45) is 7.05 Å². The lowest BCUT2D eigenvalue weighted by Crippen LogP contribution is -2.08. The van der Waals surface area contributed by atoms with E-state index in [1.807, 2.05) is 11.6 Å². The molecule has 0 aliphatic heterocycles. The SMILES string of the molecule is Cn1cnc2c(-n3c4c(c5ccccc53)C=Cc3c(n(-c5ccccc5)c5ccccc35)C4)ncnc21. The quantitative estimate of drug-likeness (QED) is 0.292. The fourth-order valence-electron chi connectivity index (χ4n) is 5.89. The van der Waals surface area contributed by atoms with Crippen molar-refractivity contribution in [1.82, 2.24) is 28.7 Å². The predicted octanol–water partition coefficient (Wildman–Crippen LogP) is 6.33. The third-order valence-electron chi connectivity index (χ3n) is 7.49.